The predicted molar refractivity (Wildman–Crippen MR) is 249 cm³/mol. The molecule has 3 atom stereocenters. The van der Waals surface area contributed by atoms with Crippen LogP contribution in [0, 0.1) is 5.41 Å². The van der Waals surface area contributed by atoms with Gasteiger partial charge in [0, 0.05) is 81.5 Å². The van der Waals surface area contributed by atoms with E-state index in [4.69, 9.17) is 9.72 Å². The van der Waals surface area contributed by atoms with Crippen molar-refractivity contribution in [1.82, 2.24) is 35.1 Å². The Morgan fingerprint density at radius 2 is 1.79 bits per heavy atom. The number of anilines is 1. The standard InChI is InChI=1S/C49H72N8O6/c1-9-56-42-18-17-33(34-14-12-19-53(28-34)30-41(51-47(62)63-48(4,5)6)45(59)57-21-13-16-40(52-57)46(60)61)24-37(42)39(26-49(7,8)31-58)44(56)38-25-36(27-50-43(38)32(2)3)55-23-22-54-20-11-10-15-35(54)29-55/h14,17-18,24-25,27,32,35,40-41,52,58H,9-13,15-16,19-23,26,28-31H2,1-8H3,(H,51,62)(H,60,61)/t35-,40+,41+/m1/s1. The largest absolute Gasteiger partial charge is 0.480 e. The van der Waals surface area contributed by atoms with Crippen molar-refractivity contribution in [1.29, 1.82) is 0 Å². The molecule has 1 aromatic carbocycles. The second-order valence-corrected chi connectivity index (χ2v) is 20.3. The zero-order valence-electron chi connectivity index (χ0n) is 39.0. The highest BCUT2D eigenvalue weighted by Gasteiger charge is 2.36. The lowest BCUT2D eigenvalue weighted by Gasteiger charge is -2.45. The Labute approximate surface area is 374 Å². The number of piperazine rings is 1. The zero-order chi connectivity index (χ0) is 45.2. The molecule has 4 aliphatic rings. The summed E-state index contributed by atoms with van der Waals surface area (Å²) in [5, 5.41) is 25.7. The summed E-state index contributed by atoms with van der Waals surface area (Å²) in [6.07, 6.45) is 9.86. The van der Waals surface area contributed by atoms with Crippen molar-refractivity contribution >= 4 is 40.1 Å². The average molecular weight is 869 g/mol. The zero-order valence-corrected chi connectivity index (χ0v) is 39.0. The second-order valence-electron chi connectivity index (χ2n) is 20.3. The normalized spacial score (nSPS) is 21.0. The van der Waals surface area contributed by atoms with Crippen LogP contribution in [0.3, 0.4) is 0 Å². The molecule has 2 aromatic heterocycles. The molecule has 14 nitrogen and oxygen atoms in total. The number of hydrazine groups is 1. The number of amides is 2. The van der Waals surface area contributed by atoms with Gasteiger partial charge >= 0.3 is 12.1 Å². The third-order valence-electron chi connectivity index (χ3n) is 13.3. The van der Waals surface area contributed by atoms with Gasteiger partial charge in [-0.25, -0.2) is 10.2 Å². The number of aliphatic hydroxyl groups is 1. The molecule has 0 bridgehead atoms. The summed E-state index contributed by atoms with van der Waals surface area (Å²) in [5.74, 6) is -1.22. The molecule has 4 N–H and O–H groups in total. The number of fused-ring (bicyclic) bond motifs is 2. The van der Waals surface area contributed by atoms with E-state index in [-0.39, 0.29) is 24.5 Å². The quantitative estimate of drug-likeness (QED) is 0.146. The molecule has 63 heavy (non-hydrogen) atoms. The summed E-state index contributed by atoms with van der Waals surface area (Å²) in [4.78, 5) is 51.6. The van der Waals surface area contributed by atoms with E-state index >= 15 is 0 Å². The first-order valence-corrected chi connectivity index (χ1v) is 23.4. The van der Waals surface area contributed by atoms with Crippen molar-refractivity contribution in [3.63, 3.8) is 0 Å². The van der Waals surface area contributed by atoms with Crippen LogP contribution in [0.2, 0.25) is 0 Å². The van der Waals surface area contributed by atoms with Crippen LogP contribution in [0.1, 0.15) is 117 Å². The molecule has 7 rings (SSSR count). The third-order valence-corrected chi connectivity index (χ3v) is 13.3. The number of rotatable bonds is 13. The first-order chi connectivity index (χ1) is 29.9. The number of pyridine rings is 1. The van der Waals surface area contributed by atoms with Crippen molar-refractivity contribution < 1.29 is 29.3 Å². The molecule has 2 amide bonds. The monoisotopic (exact) mass is 869 g/mol. The molecular formula is C49H72N8O6. The Morgan fingerprint density at radius 1 is 1.00 bits per heavy atom. The SMILES string of the molecule is CCn1c(-c2cc(N3CCN4CCCC[C@@H]4C3)cnc2C(C)C)c(CC(C)(C)CO)c2cc(C3=CCCN(C[C@H](NC(=O)OC(C)(C)C)C(=O)N4CCC[C@@H](C(=O)O)N4)C3)ccc21. The molecule has 14 heteroatoms. The van der Waals surface area contributed by atoms with E-state index in [2.05, 4.69) is 101 Å². The van der Waals surface area contributed by atoms with Crippen LogP contribution in [0.15, 0.2) is 36.5 Å². The number of ether oxygens (including phenoxy) is 1. The minimum absolute atomic E-state index is 0.0488. The number of benzene rings is 1. The maximum Gasteiger partial charge on any atom is 0.408 e. The van der Waals surface area contributed by atoms with Crippen molar-refractivity contribution in [2.24, 2.45) is 5.41 Å². The van der Waals surface area contributed by atoms with E-state index < -0.39 is 35.7 Å². The van der Waals surface area contributed by atoms with Crippen molar-refractivity contribution in [3.05, 3.63) is 53.4 Å². The summed E-state index contributed by atoms with van der Waals surface area (Å²) in [7, 11) is 0. The topological polar surface area (TPSA) is 156 Å². The Hall–Kier alpha value is -4.50. The van der Waals surface area contributed by atoms with Crippen LogP contribution in [-0.4, -0.2) is 135 Å². The smallest absolute Gasteiger partial charge is 0.408 e. The van der Waals surface area contributed by atoms with Gasteiger partial charge in [-0.2, -0.15) is 0 Å². The number of carboxylic acid groups (broad SMARTS) is 1. The molecule has 6 heterocycles. The lowest BCUT2D eigenvalue weighted by atomic mass is 9.84. The van der Waals surface area contributed by atoms with Gasteiger partial charge in [-0.15, -0.1) is 0 Å². The number of piperidine rings is 1. The van der Waals surface area contributed by atoms with E-state index in [1.807, 2.05) is 0 Å². The molecule has 3 saturated heterocycles. The molecule has 0 aliphatic carbocycles. The number of aliphatic hydroxyl groups excluding tert-OH is 1. The number of nitrogens with one attached hydrogen (secondary N) is 2. The highest BCUT2D eigenvalue weighted by atomic mass is 16.6. The van der Waals surface area contributed by atoms with E-state index in [0.717, 1.165) is 65.9 Å². The van der Waals surface area contributed by atoms with Gasteiger partial charge in [0.25, 0.3) is 5.91 Å². The summed E-state index contributed by atoms with van der Waals surface area (Å²) < 4.78 is 8.02. The minimum atomic E-state index is -1.02. The lowest BCUT2D eigenvalue weighted by molar-refractivity contribution is -0.148. The molecule has 0 unspecified atom stereocenters. The minimum Gasteiger partial charge on any atom is -0.480 e. The number of aliphatic carboxylic acids is 1. The van der Waals surface area contributed by atoms with Crippen LogP contribution >= 0.6 is 0 Å². The van der Waals surface area contributed by atoms with Gasteiger partial charge in [0.2, 0.25) is 0 Å². The number of carbonyl (C=O) groups excluding carboxylic acids is 2. The van der Waals surface area contributed by atoms with E-state index in [9.17, 15) is 24.6 Å². The molecule has 344 valence electrons. The molecule has 0 radical (unpaired) electrons. The Kier molecular flexibility index (Phi) is 14.2. The van der Waals surface area contributed by atoms with Crippen LogP contribution < -0.4 is 15.6 Å². The fourth-order valence-electron chi connectivity index (χ4n) is 10.0. The maximum absolute atomic E-state index is 14.1. The van der Waals surface area contributed by atoms with Gasteiger partial charge in [-0.3, -0.25) is 29.4 Å². The van der Waals surface area contributed by atoms with Crippen molar-refractivity contribution in [2.45, 2.75) is 137 Å². The highest BCUT2D eigenvalue weighted by molar-refractivity contribution is 5.95. The molecule has 0 spiro atoms. The predicted octanol–water partition coefficient (Wildman–Crippen LogP) is 6.64. The van der Waals surface area contributed by atoms with E-state index in [0.29, 0.717) is 44.9 Å². The summed E-state index contributed by atoms with van der Waals surface area (Å²) in [6.45, 7) is 23.1. The fraction of sp³-hybridized carbons (Fsp3) is 0.633. The second kappa shape index (κ2) is 19.3. The number of carboxylic acids is 1. The Balaban J connectivity index is 1.22. The van der Waals surface area contributed by atoms with Gasteiger partial charge in [-0.05, 0) is 119 Å². The van der Waals surface area contributed by atoms with E-state index in [1.165, 1.54) is 47.8 Å². The number of aryl methyl sites for hydroxylation is 1. The number of carbonyl (C=O) groups is 3. The maximum atomic E-state index is 14.1. The summed E-state index contributed by atoms with van der Waals surface area (Å²) >= 11 is 0. The van der Waals surface area contributed by atoms with Crippen LogP contribution in [0.4, 0.5) is 10.5 Å². The Bertz CT molecular complexity index is 2170. The molecular weight excluding hydrogens is 797 g/mol. The Morgan fingerprint density at radius 3 is 2.51 bits per heavy atom. The molecule has 4 aliphatic heterocycles. The van der Waals surface area contributed by atoms with Gasteiger partial charge in [0.1, 0.15) is 17.7 Å². The van der Waals surface area contributed by atoms with Crippen molar-refractivity contribution in [2.75, 3.05) is 63.9 Å². The first-order valence-electron chi connectivity index (χ1n) is 23.4. The highest BCUT2D eigenvalue weighted by Crippen LogP contribution is 2.42. The fourth-order valence-corrected chi connectivity index (χ4v) is 10.0. The molecule has 0 saturated carbocycles. The summed E-state index contributed by atoms with van der Waals surface area (Å²) in [5.41, 5.74) is 10.9. The van der Waals surface area contributed by atoms with Crippen LogP contribution in [0.5, 0.6) is 0 Å². The average Bonchev–Trinajstić information content (AvgIpc) is 3.56. The first kappa shape index (κ1) is 46.5. The molecule has 3 fully saturated rings. The van der Waals surface area contributed by atoms with Crippen molar-refractivity contribution in [3.8, 4) is 11.3 Å². The van der Waals surface area contributed by atoms with E-state index in [1.54, 1.807) is 20.8 Å². The van der Waals surface area contributed by atoms with Gasteiger partial charge in [0.15, 0.2) is 0 Å². The van der Waals surface area contributed by atoms with Gasteiger partial charge in [-0.1, -0.05) is 46.3 Å². The van der Waals surface area contributed by atoms with Crippen LogP contribution in [-0.2, 0) is 27.3 Å². The van der Waals surface area contributed by atoms with Crippen LogP contribution in [0.25, 0.3) is 27.7 Å². The number of hydrogen-bond acceptors (Lipinski definition) is 10. The lowest BCUT2D eigenvalue weighted by Crippen LogP contribution is -2.62. The molecule has 3 aromatic rings. The van der Waals surface area contributed by atoms with Gasteiger partial charge in [0.05, 0.1) is 23.3 Å². The number of alkyl carbamates (subject to hydrolysis) is 1. The summed E-state index contributed by atoms with van der Waals surface area (Å²) in [6, 6.07) is 7.86. The number of nitrogens with zero attached hydrogens (tertiary/aromatic N) is 6. The third kappa shape index (κ3) is 10.7. The number of aromatic nitrogens is 2. The van der Waals surface area contributed by atoms with Gasteiger partial charge < -0.3 is 29.7 Å². The number of hydrogen-bond donors (Lipinski definition) is 4.